The summed E-state index contributed by atoms with van der Waals surface area (Å²) in [5, 5.41) is 0.974. The van der Waals surface area contributed by atoms with Crippen molar-refractivity contribution in [3.63, 3.8) is 0 Å². The maximum Gasteiger partial charge on any atom is 0.495 e. The molecule has 1 aromatic carbocycles. The van der Waals surface area contributed by atoms with Crippen LogP contribution < -0.4 is 5.46 Å². The molecule has 0 unspecified atom stereocenters. The molecule has 1 aliphatic heterocycles. The minimum atomic E-state index is -0.461. The Balaban J connectivity index is 2.12. The van der Waals surface area contributed by atoms with Crippen LogP contribution in [0, 0.1) is 0 Å². The third kappa shape index (κ3) is 1.95. The average Bonchev–Trinajstić information content (AvgIpc) is 2.57. The molecule has 3 nitrogen and oxygen atoms in total. The Morgan fingerprint density at radius 2 is 1.68 bits per heavy atom. The van der Waals surface area contributed by atoms with Gasteiger partial charge in [0.2, 0.25) is 0 Å². The first-order chi connectivity index (χ1) is 9.30. The number of rotatable bonds is 1. The Morgan fingerprint density at radius 1 is 1.05 bits per heavy atom. The molecule has 1 aliphatic rings. The molecule has 0 radical (unpaired) electrons. The van der Waals surface area contributed by atoms with Gasteiger partial charge in [-0.25, -0.2) is 0 Å². The van der Waals surface area contributed by atoms with Gasteiger partial charge in [0, 0.05) is 6.17 Å². The van der Waals surface area contributed by atoms with Gasteiger partial charge < -0.3 is 9.31 Å². The van der Waals surface area contributed by atoms with Crippen molar-refractivity contribution in [1.82, 2.24) is 4.98 Å². The molecule has 1 aromatic heterocycles. The topological polar surface area (TPSA) is 31.4 Å². The largest absolute Gasteiger partial charge is 0.495 e. The minimum Gasteiger partial charge on any atom is -0.399 e. The molecule has 4 heteroatoms. The van der Waals surface area contributed by atoms with Crippen molar-refractivity contribution in [3.8, 4) is 0 Å². The third-order valence-electron chi connectivity index (χ3n) is 4.13. The lowest BCUT2D eigenvalue weighted by atomic mass is 9.77. The van der Waals surface area contributed by atoms with E-state index in [1.807, 2.05) is 52.0 Å². The molecular weight excluding hydrogens is 237 g/mol. The summed E-state index contributed by atoms with van der Waals surface area (Å²) in [6, 6.07) is 9.50. The Labute approximate surface area is 115 Å². The van der Waals surface area contributed by atoms with Gasteiger partial charge >= 0.3 is 7.12 Å². The molecule has 1 saturated heterocycles. The summed E-state index contributed by atoms with van der Waals surface area (Å²) in [6.45, 7) is 8.10. The van der Waals surface area contributed by atoms with Crippen molar-refractivity contribution in [3.05, 3.63) is 36.5 Å². The van der Waals surface area contributed by atoms with E-state index < -0.39 is 7.12 Å². The van der Waals surface area contributed by atoms with Crippen LogP contribution in [0.15, 0.2) is 36.5 Å². The highest BCUT2D eigenvalue weighted by Crippen LogP contribution is 2.36. The summed E-state index contributed by atoms with van der Waals surface area (Å²) < 4.78 is 20.0. The van der Waals surface area contributed by atoms with Crippen molar-refractivity contribution < 1.29 is 10.7 Å². The predicted molar refractivity (Wildman–Crippen MR) is 77.5 cm³/mol. The second kappa shape index (κ2) is 4.05. The van der Waals surface area contributed by atoms with Crippen molar-refractivity contribution in [1.29, 1.82) is 0 Å². The fraction of sp³-hybridized carbons (Fsp3) is 0.400. The molecule has 0 atom stereocenters. The van der Waals surface area contributed by atoms with Crippen molar-refractivity contribution >= 4 is 23.5 Å². The molecule has 0 bridgehead atoms. The van der Waals surface area contributed by atoms with Gasteiger partial charge in [0.25, 0.3) is 0 Å². The van der Waals surface area contributed by atoms with E-state index in [1.165, 1.54) is 0 Å². The van der Waals surface area contributed by atoms with Crippen molar-refractivity contribution in [2.45, 2.75) is 38.9 Å². The standard InChI is InChI=1S/C15H18BNO2/c1-14(2)15(3,4)19-16(18-14)12-9-10-17-13-8-6-5-7-11(12)13/h5-10H,1-4H3/i10D. The van der Waals surface area contributed by atoms with E-state index >= 15 is 0 Å². The fourth-order valence-electron chi connectivity index (χ4n) is 2.23. The van der Waals surface area contributed by atoms with Crippen LogP contribution in [0.25, 0.3) is 10.9 Å². The maximum atomic E-state index is 7.86. The number of pyridine rings is 1. The molecule has 0 N–H and O–H groups in total. The van der Waals surface area contributed by atoms with Gasteiger partial charge in [0.1, 0.15) is 0 Å². The average molecular weight is 256 g/mol. The number of benzene rings is 1. The van der Waals surface area contributed by atoms with Crippen LogP contribution in [-0.4, -0.2) is 23.3 Å². The summed E-state index contributed by atoms with van der Waals surface area (Å²) >= 11 is 0. The molecule has 0 saturated carbocycles. The second-order valence-corrected chi connectivity index (χ2v) is 5.95. The zero-order valence-corrected chi connectivity index (χ0v) is 11.7. The van der Waals surface area contributed by atoms with E-state index in [0.29, 0.717) is 0 Å². The summed E-state index contributed by atoms with van der Waals surface area (Å²) in [5.41, 5.74) is 0.901. The maximum absolute atomic E-state index is 7.86. The smallest absolute Gasteiger partial charge is 0.399 e. The molecule has 2 aromatic rings. The number of nitrogens with zero attached hydrogens (tertiary/aromatic N) is 1. The van der Waals surface area contributed by atoms with E-state index in [4.69, 9.17) is 10.7 Å². The summed E-state index contributed by atoms with van der Waals surface area (Å²) in [5.74, 6) is 0. The predicted octanol–water partition coefficient (Wildman–Crippen LogP) is 2.53. The Morgan fingerprint density at radius 3 is 2.37 bits per heavy atom. The lowest BCUT2D eigenvalue weighted by Gasteiger charge is -2.32. The van der Waals surface area contributed by atoms with Crippen molar-refractivity contribution in [2.24, 2.45) is 0 Å². The fourth-order valence-corrected chi connectivity index (χ4v) is 2.23. The molecule has 2 heterocycles. The highest BCUT2D eigenvalue weighted by atomic mass is 16.7. The molecule has 98 valence electrons. The van der Waals surface area contributed by atoms with Gasteiger partial charge in [0.15, 0.2) is 0 Å². The summed E-state index contributed by atoms with van der Waals surface area (Å²) in [7, 11) is -0.461. The van der Waals surface area contributed by atoms with Gasteiger partial charge in [0.05, 0.1) is 18.1 Å². The minimum absolute atomic E-state index is 0.230. The zero-order valence-electron chi connectivity index (χ0n) is 12.7. The van der Waals surface area contributed by atoms with Crippen LogP contribution in [0.5, 0.6) is 0 Å². The van der Waals surface area contributed by atoms with Gasteiger partial charge in [-0.2, -0.15) is 0 Å². The lowest BCUT2D eigenvalue weighted by Crippen LogP contribution is -2.41. The number of hydrogen-bond acceptors (Lipinski definition) is 3. The zero-order chi connectivity index (χ0) is 14.5. The number of fused-ring (bicyclic) bond motifs is 1. The normalized spacial score (nSPS) is 21.7. The van der Waals surface area contributed by atoms with Crippen LogP contribution in [-0.2, 0) is 9.31 Å². The number of aromatic nitrogens is 1. The Kier molecular flexibility index (Phi) is 2.44. The number of para-hydroxylation sites is 1. The Hall–Kier alpha value is -1.39. The number of hydrogen-bond donors (Lipinski definition) is 0. The van der Waals surface area contributed by atoms with E-state index in [0.717, 1.165) is 16.4 Å². The van der Waals surface area contributed by atoms with Gasteiger partial charge in [-0.15, -0.1) is 0 Å². The highest BCUT2D eigenvalue weighted by molar-refractivity contribution is 6.65. The molecule has 0 aliphatic carbocycles. The first-order valence-electron chi connectivity index (χ1n) is 7.02. The third-order valence-corrected chi connectivity index (χ3v) is 4.13. The van der Waals surface area contributed by atoms with Crippen LogP contribution in [0.1, 0.15) is 29.1 Å². The van der Waals surface area contributed by atoms with Gasteiger partial charge in [-0.05, 0) is 50.7 Å². The molecule has 3 rings (SSSR count). The van der Waals surface area contributed by atoms with Crippen LogP contribution in [0.4, 0.5) is 0 Å². The van der Waals surface area contributed by atoms with Crippen LogP contribution in [0.3, 0.4) is 0 Å². The summed E-state index contributed by atoms with van der Waals surface area (Å²) in [4.78, 5) is 4.24. The quantitative estimate of drug-likeness (QED) is 0.735. The highest BCUT2D eigenvalue weighted by Gasteiger charge is 2.52. The monoisotopic (exact) mass is 256 g/mol. The van der Waals surface area contributed by atoms with E-state index in [2.05, 4.69) is 4.98 Å². The Bertz CT molecular complexity index is 656. The summed E-state index contributed by atoms with van der Waals surface area (Å²) in [6.07, 6.45) is 0.230. The second-order valence-electron chi connectivity index (χ2n) is 5.95. The molecule has 19 heavy (non-hydrogen) atoms. The van der Waals surface area contributed by atoms with Gasteiger partial charge in [-0.3, -0.25) is 4.98 Å². The molecule has 0 spiro atoms. The van der Waals surface area contributed by atoms with Crippen LogP contribution >= 0.6 is 0 Å². The van der Waals surface area contributed by atoms with E-state index in [-0.39, 0.29) is 17.4 Å². The SMILES string of the molecule is [2H]c1cc(B2OC(C)(C)C(C)(C)O2)c2ccccc2n1. The first kappa shape index (κ1) is 11.4. The molecule has 1 fully saturated rings. The molecule has 0 amide bonds. The first-order valence-corrected chi connectivity index (χ1v) is 6.52. The lowest BCUT2D eigenvalue weighted by molar-refractivity contribution is 0.00578. The van der Waals surface area contributed by atoms with Gasteiger partial charge in [-0.1, -0.05) is 18.2 Å². The molecular formula is C15H18BNO2. The van der Waals surface area contributed by atoms with E-state index in [9.17, 15) is 0 Å². The van der Waals surface area contributed by atoms with E-state index in [1.54, 1.807) is 6.07 Å². The van der Waals surface area contributed by atoms with Crippen molar-refractivity contribution in [2.75, 3.05) is 0 Å². The van der Waals surface area contributed by atoms with Crippen LogP contribution in [0.2, 0.25) is 0 Å².